The molecular formula is C6H12N-. The van der Waals surface area contributed by atoms with Crippen LogP contribution in [0.3, 0.4) is 0 Å². The van der Waals surface area contributed by atoms with E-state index in [1.54, 1.807) is 0 Å². The van der Waals surface area contributed by atoms with Crippen molar-refractivity contribution < 1.29 is 0 Å². The summed E-state index contributed by atoms with van der Waals surface area (Å²) >= 11 is 0. The first kappa shape index (κ1) is 5.10. The van der Waals surface area contributed by atoms with Gasteiger partial charge in [0, 0.05) is 0 Å². The average Bonchev–Trinajstić information content (AvgIpc) is 1.23. The molecule has 0 spiro atoms. The van der Waals surface area contributed by atoms with Gasteiger partial charge in [0.05, 0.1) is 0 Å². The van der Waals surface area contributed by atoms with Crippen LogP contribution in [0, 0.1) is 7.05 Å². The van der Waals surface area contributed by atoms with E-state index in [-0.39, 0.29) is 0 Å². The first-order valence-corrected chi connectivity index (χ1v) is 2.84. The molecule has 0 aromatic carbocycles. The third kappa shape index (κ3) is 0.942. The van der Waals surface area contributed by atoms with Gasteiger partial charge in [0.15, 0.2) is 0 Å². The van der Waals surface area contributed by atoms with E-state index in [2.05, 4.69) is 11.9 Å². The lowest BCUT2D eigenvalue weighted by molar-refractivity contribution is 0.214. The van der Waals surface area contributed by atoms with Gasteiger partial charge in [0.1, 0.15) is 0 Å². The van der Waals surface area contributed by atoms with Crippen LogP contribution >= 0.6 is 0 Å². The van der Waals surface area contributed by atoms with E-state index in [1.165, 1.54) is 19.3 Å². The van der Waals surface area contributed by atoms with E-state index in [0.717, 1.165) is 6.04 Å². The van der Waals surface area contributed by atoms with Crippen molar-refractivity contribution in [3.8, 4) is 0 Å². The molecule has 0 radical (unpaired) electrons. The standard InChI is InChI=1S/C6H12N/c1-7(2)6-4-3-5-6/h6H,1,3-5H2,2H3/q-1. The fraction of sp³-hybridized carbons (Fsp3) is 0.833. The predicted molar refractivity (Wildman–Crippen MR) is 30.8 cm³/mol. The van der Waals surface area contributed by atoms with Crippen molar-refractivity contribution in [3.63, 3.8) is 0 Å². The summed E-state index contributed by atoms with van der Waals surface area (Å²) in [6.45, 7) is 0. The molecule has 1 aliphatic rings. The number of rotatable bonds is 1. The molecule has 0 saturated heterocycles. The zero-order chi connectivity index (χ0) is 5.28. The maximum Gasteiger partial charge on any atom is -0.0187 e. The zero-order valence-corrected chi connectivity index (χ0v) is 4.85. The predicted octanol–water partition coefficient (Wildman–Crippen LogP) is 1.26. The van der Waals surface area contributed by atoms with Gasteiger partial charge < -0.3 is 4.90 Å². The van der Waals surface area contributed by atoms with E-state index in [9.17, 15) is 0 Å². The summed E-state index contributed by atoms with van der Waals surface area (Å²) in [6.07, 6.45) is 4.13. The molecule has 1 saturated carbocycles. The quantitative estimate of drug-likeness (QED) is 0.446. The van der Waals surface area contributed by atoms with Gasteiger partial charge in [-0.1, -0.05) is 6.42 Å². The Morgan fingerprint density at radius 3 is 2.14 bits per heavy atom. The molecule has 0 bridgehead atoms. The molecule has 7 heavy (non-hydrogen) atoms. The highest BCUT2D eigenvalue weighted by molar-refractivity contribution is 4.76. The smallest absolute Gasteiger partial charge is 0.0187 e. The van der Waals surface area contributed by atoms with Crippen molar-refractivity contribution in [1.82, 2.24) is 4.90 Å². The minimum atomic E-state index is 0.806. The molecular weight excluding hydrogens is 86.1 g/mol. The molecule has 42 valence electrons. The van der Waals surface area contributed by atoms with Crippen LogP contribution < -0.4 is 0 Å². The normalized spacial score (nSPS) is 22.7. The molecule has 0 heterocycles. The third-order valence-electron chi connectivity index (χ3n) is 1.70. The Morgan fingerprint density at radius 1 is 1.57 bits per heavy atom. The molecule has 1 aliphatic carbocycles. The monoisotopic (exact) mass is 98.1 g/mol. The summed E-state index contributed by atoms with van der Waals surface area (Å²) in [6, 6.07) is 0.806. The Morgan fingerprint density at radius 2 is 2.14 bits per heavy atom. The fourth-order valence-electron chi connectivity index (χ4n) is 0.827. The summed E-state index contributed by atoms with van der Waals surface area (Å²) in [5.41, 5.74) is 0. The summed E-state index contributed by atoms with van der Waals surface area (Å²) in [4.78, 5) is 2.06. The van der Waals surface area contributed by atoms with Crippen LogP contribution in [-0.2, 0) is 0 Å². The van der Waals surface area contributed by atoms with Gasteiger partial charge in [-0.15, -0.1) is 0 Å². The van der Waals surface area contributed by atoms with Gasteiger partial charge in [-0.25, -0.2) is 0 Å². The van der Waals surface area contributed by atoms with Crippen molar-refractivity contribution in [2.75, 3.05) is 7.05 Å². The molecule has 1 fully saturated rings. The van der Waals surface area contributed by atoms with E-state index in [0.29, 0.717) is 0 Å². The molecule has 0 aliphatic heterocycles. The molecule has 0 aromatic heterocycles. The third-order valence-corrected chi connectivity index (χ3v) is 1.70. The molecule has 0 N–H and O–H groups in total. The summed E-state index contributed by atoms with van der Waals surface area (Å²) in [5.74, 6) is 0. The molecule has 1 nitrogen and oxygen atoms in total. The Kier molecular flexibility index (Phi) is 1.33. The second-order valence-electron chi connectivity index (χ2n) is 2.34. The van der Waals surface area contributed by atoms with Crippen LogP contribution in [0.1, 0.15) is 19.3 Å². The van der Waals surface area contributed by atoms with Crippen LogP contribution in [0.15, 0.2) is 0 Å². The highest BCUT2D eigenvalue weighted by Gasteiger charge is 2.14. The summed E-state index contributed by atoms with van der Waals surface area (Å²) in [7, 11) is 5.84. The van der Waals surface area contributed by atoms with Gasteiger partial charge in [-0.3, -0.25) is 7.05 Å². The maximum absolute atomic E-state index is 3.79. The van der Waals surface area contributed by atoms with Crippen molar-refractivity contribution in [2.45, 2.75) is 25.3 Å². The van der Waals surface area contributed by atoms with E-state index in [4.69, 9.17) is 0 Å². The molecule has 0 amide bonds. The zero-order valence-electron chi connectivity index (χ0n) is 4.85. The van der Waals surface area contributed by atoms with Crippen LogP contribution in [0.4, 0.5) is 0 Å². The molecule has 0 unspecified atom stereocenters. The minimum Gasteiger partial charge on any atom is -0.459 e. The lowest BCUT2D eigenvalue weighted by atomic mass is 9.92. The van der Waals surface area contributed by atoms with Gasteiger partial charge >= 0.3 is 0 Å². The van der Waals surface area contributed by atoms with Crippen LogP contribution in [0.2, 0.25) is 0 Å². The van der Waals surface area contributed by atoms with Gasteiger partial charge in [-0.05, 0) is 25.9 Å². The van der Waals surface area contributed by atoms with E-state index in [1.807, 2.05) is 7.05 Å². The van der Waals surface area contributed by atoms with Crippen molar-refractivity contribution in [1.29, 1.82) is 0 Å². The van der Waals surface area contributed by atoms with Crippen molar-refractivity contribution >= 4 is 0 Å². The Bertz CT molecular complexity index is 55.2. The lowest BCUT2D eigenvalue weighted by Gasteiger charge is -2.37. The van der Waals surface area contributed by atoms with Crippen LogP contribution in [0.5, 0.6) is 0 Å². The Labute approximate surface area is 45.3 Å². The molecule has 1 heteroatoms. The van der Waals surface area contributed by atoms with Gasteiger partial charge in [-0.2, -0.15) is 0 Å². The first-order chi connectivity index (χ1) is 3.30. The molecule has 0 aromatic rings. The van der Waals surface area contributed by atoms with Crippen molar-refractivity contribution in [2.24, 2.45) is 0 Å². The number of hydrogen-bond acceptors (Lipinski definition) is 1. The number of nitrogens with zero attached hydrogens (tertiary/aromatic N) is 1. The largest absolute Gasteiger partial charge is 0.459 e. The second-order valence-corrected chi connectivity index (χ2v) is 2.34. The lowest BCUT2D eigenvalue weighted by Crippen LogP contribution is -2.32. The highest BCUT2D eigenvalue weighted by Crippen LogP contribution is 2.22. The Balaban J connectivity index is 2.14. The van der Waals surface area contributed by atoms with Crippen LogP contribution in [-0.4, -0.2) is 18.0 Å². The topological polar surface area (TPSA) is 3.24 Å². The fourth-order valence-corrected chi connectivity index (χ4v) is 0.827. The summed E-state index contributed by atoms with van der Waals surface area (Å²) in [5, 5.41) is 0. The van der Waals surface area contributed by atoms with Crippen LogP contribution in [0.25, 0.3) is 0 Å². The second kappa shape index (κ2) is 1.83. The molecule has 0 atom stereocenters. The minimum absolute atomic E-state index is 0.806. The summed E-state index contributed by atoms with van der Waals surface area (Å²) < 4.78 is 0. The first-order valence-electron chi connectivity index (χ1n) is 2.84. The highest BCUT2D eigenvalue weighted by atomic mass is 15.1. The Hall–Kier alpha value is -0.0400. The van der Waals surface area contributed by atoms with Crippen molar-refractivity contribution in [3.05, 3.63) is 7.05 Å². The SMILES string of the molecule is [CH2-]N(C)C1CCC1. The van der Waals surface area contributed by atoms with Gasteiger partial charge in [0.2, 0.25) is 0 Å². The van der Waals surface area contributed by atoms with Gasteiger partial charge in [0.25, 0.3) is 0 Å². The van der Waals surface area contributed by atoms with E-state index < -0.39 is 0 Å². The van der Waals surface area contributed by atoms with E-state index >= 15 is 0 Å². The maximum atomic E-state index is 3.79. The molecule has 1 rings (SSSR count). The number of hydrogen-bond donors (Lipinski definition) is 0. The average molecular weight is 98.2 g/mol.